The lowest BCUT2D eigenvalue weighted by molar-refractivity contribution is -0.0944. The third-order valence-electron chi connectivity index (χ3n) is 1.94. The molecule has 0 bridgehead atoms. The highest BCUT2D eigenvalue weighted by atomic mass is 16.5. The maximum Gasteiger partial charge on any atom is 0.266 e. The van der Waals surface area contributed by atoms with E-state index in [-0.39, 0.29) is 11.5 Å². The monoisotopic (exact) mass is 269 g/mol. The Morgan fingerprint density at radius 1 is 1.00 bits per heavy atom. The van der Waals surface area contributed by atoms with E-state index in [1.807, 2.05) is 0 Å². The second-order valence-electron chi connectivity index (χ2n) is 3.47. The molecule has 0 saturated heterocycles. The van der Waals surface area contributed by atoms with E-state index >= 15 is 0 Å². The Hall–Kier alpha value is -2.27. The summed E-state index contributed by atoms with van der Waals surface area (Å²) in [6.45, 7) is 6.33. The van der Waals surface area contributed by atoms with Crippen molar-refractivity contribution >= 4 is 17.3 Å². The molecule has 103 valence electrons. The molecule has 1 aromatic rings. The van der Waals surface area contributed by atoms with E-state index < -0.39 is 17.6 Å². The second-order valence-corrected chi connectivity index (χ2v) is 3.47. The molecular weight excluding hydrogens is 256 g/mol. The van der Waals surface area contributed by atoms with Gasteiger partial charge >= 0.3 is 0 Å². The number of aromatic nitrogens is 3. The van der Waals surface area contributed by atoms with Crippen molar-refractivity contribution in [3.63, 3.8) is 0 Å². The van der Waals surface area contributed by atoms with Crippen molar-refractivity contribution < 1.29 is 20.4 Å². The van der Waals surface area contributed by atoms with Crippen molar-refractivity contribution in [3.8, 4) is 0 Å². The van der Waals surface area contributed by atoms with Crippen LogP contribution in [0.5, 0.6) is 0 Å². The second kappa shape index (κ2) is 5.16. The van der Waals surface area contributed by atoms with Gasteiger partial charge in [0, 0.05) is 0 Å². The Balaban J connectivity index is 3.16. The largest absolute Gasteiger partial charge is 0.346 e. The Bertz CT molecular complexity index is 490. The molecule has 0 aliphatic heterocycles. The lowest BCUT2D eigenvalue weighted by Gasteiger charge is -2.24. The van der Waals surface area contributed by atoms with Crippen LogP contribution in [0.1, 0.15) is 0 Å². The van der Waals surface area contributed by atoms with Gasteiger partial charge in [-0.1, -0.05) is 13.2 Å². The number of hydrogen-bond acceptors (Lipinski definition) is 9. The van der Waals surface area contributed by atoms with E-state index in [0.717, 1.165) is 12.2 Å². The van der Waals surface area contributed by atoms with Crippen LogP contribution in [-0.2, 0) is 0 Å². The summed E-state index contributed by atoms with van der Waals surface area (Å²) in [4.78, 5) is 0. The summed E-state index contributed by atoms with van der Waals surface area (Å²) in [5, 5.41) is 51.5. The molecule has 0 atom stereocenters. The highest BCUT2D eigenvalue weighted by Gasteiger charge is 2.26. The molecule has 0 spiro atoms. The molecule has 10 heteroatoms. The zero-order valence-corrected chi connectivity index (χ0v) is 9.70. The number of nitrogens with one attached hydrogen (secondary N) is 3. The van der Waals surface area contributed by atoms with Crippen molar-refractivity contribution in [1.82, 2.24) is 21.1 Å². The van der Waals surface area contributed by atoms with E-state index in [1.54, 1.807) is 0 Å². The third kappa shape index (κ3) is 3.86. The Labute approximate surface area is 107 Å². The molecule has 0 amide bonds. The fraction of sp³-hybridized carbons (Fsp3) is 0.222. The molecule has 10 nitrogen and oxygen atoms in total. The molecule has 0 fully saturated rings. The van der Waals surface area contributed by atoms with Gasteiger partial charge in [0.05, 0.1) is 0 Å². The maximum atomic E-state index is 9.38. The molecule has 1 aromatic heterocycles. The molecular formula is C9H13N6O4. The summed E-state index contributed by atoms with van der Waals surface area (Å²) >= 11 is 0. The van der Waals surface area contributed by atoms with E-state index in [0.29, 0.717) is 0 Å². The zero-order valence-electron chi connectivity index (χ0n) is 9.70. The number of anilines is 2. The average Bonchev–Trinajstić information content (AvgIpc) is 2.33. The normalized spacial score (nSPS) is 11.8. The maximum absolute atomic E-state index is 9.38. The first kappa shape index (κ1) is 14.8. The van der Waals surface area contributed by atoms with Crippen LogP contribution in [0.2, 0.25) is 0 Å². The van der Waals surface area contributed by atoms with Gasteiger partial charge in [0.1, 0.15) is 5.69 Å². The molecule has 0 aromatic carbocycles. The fourth-order valence-electron chi connectivity index (χ4n) is 0.990. The minimum atomic E-state index is -2.54. The first-order valence-corrected chi connectivity index (χ1v) is 4.89. The van der Waals surface area contributed by atoms with Gasteiger partial charge in [-0.15, -0.1) is 10.2 Å². The molecule has 19 heavy (non-hydrogen) atoms. The standard InChI is InChI=1S/C9H13N6O4/c1-3-8(16,17)11-5-6(10)13-15-14-7(5)12-9(18,19)4-2/h3-4,10,16-19H,1-2H2,(H,11,15)(H,12,13,14). The lowest BCUT2D eigenvalue weighted by atomic mass is 10.3. The van der Waals surface area contributed by atoms with Gasteiger partial charge in [0.2, 0.25) is 0 Å². The van der Waals surface area contributed by atoms with Crippen LogP contribution in [0.4, 0.5) is 17.3 Å². The van der Waals surface area contributed by atoms with Gasteiger partial charge in [-0.25, -0.2) is 0 Å². The van der Waals surface area contributed by atoms with Crippen molar-refractivity contribution in [1.29, 1.82) is 0 Å². The third-order valence-corrected chi connectivity index (χ3v) is 1.94. The summed E-state index contributed by atoms with van der Waals surface area (Å²) in [5.74, 6) is -5.93. The van der Waals surface area contributed by atoms with Gasteiger partial charge in [0.25, 0.3) is 11.8 Å². The van der Waals surface area contributed by atoms with Gasteiger partial charge < -0.3 is 31.1 Å². The van der Waals surface area contributed by atoms with Crippen LogP contribution in [0.15, 0.2) is 25.3 Å². The van der Waals surface area contributed by atoms with Gasteiger partial charge in [-0.3, -0.25) is 5.73 Å². The minimum Gasteiger partial charge on any atom is -0.346 e. The van der Waals surface area contributed by atoms with Crippen LogP contribution < -0.4 is 16.4 Å². The van der Waals surface area contributed by atoms with Crippen LogP contribution >= 0.6 is 0 Å². The van der Waals surface area contributed by atoms with Crippen molar-refractivity contribution in [2.24, 2.45) is 0 Å². The predicted molar refractivity (Wildman–Crippen MR) is 64.6 cm³/mol. The predicted octanol–water partition coefficient (Wildman–Crippen LogP) is -1.74. The summed E-state index contributed by atoms with van der Waals surface area (Å²) in [5.41, 5.74) is 7.15. The number of rotatable bonds is 6. The number of hydrogen-bond donors (Lipinski definition) is 6. The molecule has 1 rings (SSSR count). The Morgan fingerprint density at radius 3 is 2.05 bits per heavy atom. The van der Waals surface area contributed by atoms with E-state index in [1.165, 1.54) is 0 Å². The summed E-state index contributed by atoms with van der Waals surface area (Å²) in [7, 11) is 0. The highest BCUT2D eigenvalue weighted by Crippen LogP contribution is 2.28. The molecule has 0 aliphatic rings. The van der Waals surface area contributed by atoms with Gasteiger partial charge in [-0.2, -0.15) is 0 Å². The molecule has 0 aliphatic carbocycles. The Morgan fingerprint density at radius 2 is 1.53 bits per heavy atom. The minimum absolute atomic E-state index is 0.325. The first-order valence-electron chi connectivity index (χ1n) is 4.89. The summed E-state index contributed by atoms with van der Waals surface area (Å²) in [6.07, 6.45) is 1.50. The first-order chi connectivity index (χ1) is 8.71. The highest BCUT2D eigenvalue weighted by molar-refractivity contribution is 5.74. The van der Waals surface area contributed by atoms with E-state index in [4.69, 9.17) is 5.73 Å². The quantitative estimate of drug-likeness (QED) is 0.259. The molecule has 1 radical (unpaired) electrons. The number of nitrogens with zero attached hydrogens (tertiary/aromatic N) is 3. The topological polar surface area (TPSA) is 167 Å². The summed E-state index contributed by atoms with van der Waals surface area (Å²) in [6, 6.07) is 0. The van der Waals surface area contributed by atoms with Crippen LogP contribution in [0, 0.1) is 0 Å². The lowest BCUT2D eigenvalue weighted by Crippen LogP contribution is -2.38. The molecule has 0 unspecified atom stereocenters. The molecule has 0 saturated carbocycles. The van der Waals surface area contributed by atoms with E-state index in [2.05, 4.69) is 39.2 Å². The molecule has 1 heterocycles. The number of aliphatic hydroxyl groups is 4. The van der Waals surface area contributed by atoms with Crippen LogP contribution in [0.3, 0.4) is 0 Å². The van der Waals surface area contributed by atoms with Gasteiger partial charge in [-0.05, 0) is 17.4 Å². The fourth-order valence-corrected chi connectivity index (χ4v) is 0.990. The van der Waals surface area contributed by atoms with Crippen molar-refractivity contribution in [2.75, 3.05) is 10.6 Å². The van der Waals surface area contributed by atoms with E-state index in [9.17, 15) is 20.4 Å². The molecule has 7 N–H and O–H groups in total. The SMILES string of the molecule is C=CC(O)(O)Nc1nnnc([NH])c1NC(O)(O)C=C. The summed E-state index contributed by atoms with van der Waals surface area (Å²) < 4.78 is 0. The van der Waals surface area contributed by atoms with Gasteiger partial charge in [0.15, 0.2) is 11.6 Å². The van der Waals surface area contributed by atoms with Crippen LogP contribution in [-0.4, -0.2) is 47.7 Å². The van der Waals surface area contributed by atoms with Crippen LogP contribution in [0.25, 0.3) is 0 Å². The Kier molecular flexibility index (Phi) is 4.01. The zero-order chi connectivity index (χ0) is 14.7. The smallest absolute Gasteiger partial charge is 0.266 e. The van der Waals surface area contributed by atoms with Crippen molar-refractivity contribution in [2.45, 2.75) is 11.8 Å². The average molecular weight is 269 g/mol. The van der Waals surface area contributed by atoms with Crippen molar-refractivity contribution in [3.05, 3.63) is 25.3 Å².